The van der Waals surface area contributed by atoms with E-state index in [4.69, 9.17) is 9.47 Å². The van der Waals surface area contributed by atoms with Gasteiger partial charge in [0.1, 0.15) is 0 Å². The molecule has 142 valence electrons. The molecule has 8 heteroatoms. The van der Waals surface area contributed by atoms with Gasteiger partial charge in [0.2, 0.25) is 4.96 Å². The molecule has 0 aliphatic rings. The highest BCUT2D eigenvalue weighted by Gasteiger charge is 2.20. The molecule has 7 nitrogen and oxygen atoms in total. The summed E-state index contributed by atoms with van der Waals surface area (Å²) in [6, 6.07) is 5.35. The van der Waals surface area contributed by atoms with Crippen molar-refractivity contribution >= 4 is 28.3 Å². The van der Waals surface area contributed by atoms with Gasteiger partial charge in [-0.1, -0.05) is 26.8 Å². The number of benzene rings is 1. The fourth-order valence-corrected chi connectivity index (χ4v) is 3.03. The van der Waals surface area contributed by atoms with Gasteiger partial charge in [-0.2, -0.15) is 0 Å². The Bertz CT molecular complexity index is 967. The van der Waals surface area contributed by atoms with Crippen molar-refractivity contribution in [1.29, 1.82) is 0 Å². The zero-order valence-electron chi connectivity index (χ0n) is 15.8. The second-order valence-electron chi connectivity index (χ2n) is 6.84. The van der Waals surface area contributed by atoms with Gasteiger partial charge in [-0.05, 0) is 35.1 Å². The Morgan fingerprint density at radius 3 is 2.63 bits per heavy atom. The molecule has 2 aromatic heterocycles. The third-order valence-electron chi connectivity index (χ3n) is 3.79. The Hall–Kier alpha value is -2.87. The van der Waals surface area contributed by atoms with Gasteiger partial charge >= 0.3 is 5.97 Å². The number of carbonyl (C=O) groups excluding carboxylic acids is 1. The summed E-state index contributed by atoms with van der Waals surface area (Å²) in [6.07, 6.45) is 4.90. The maximum absolute atomic E-state index is 11.2. The molecule has 0 saturated carbocycles. The number of aromatic nitrogens is 3. The summed E-state index contributed by atoms with van der Waals surface area (Å²) in [5, 5.41) is 4.90. The topological polar surface area (TPSA) is 75.0 Å². The summed E-state index contributed by atoms with van der Waals surface area (Å²) in [5.74, 6) is 0.640. The Morgan fingerprint density at radius 2 is 2.00 bits per heavy atom. The predicted octanol–water partition coefficient (Wildman–Crippen LogP) is 4.08. The highest BCUT2D eigenvalue weighted by molar-refractivity contribution is 7.18. The standard InChI is InChI=1S/C19H21N3O4S/c1-19(2,3)15-11-22-17(20-15)27-18(21-22)26-13-8-6-12(10-14(13)24-4)7-9-16(23)25-5/h6-11H,1-5H3. The summed E-state index contributed by atoms with van der Waals surface area (Å²) >= 11 is 1.36. The minimum atomic E-state index is -0.421. The lowest BCUT2D eigenvalue weighted by Crippen LogP contribution is -2.11. The monoisotopic (exact) mass is 387 g/mol. The van der Waals surface area contributed by atoms with Gasteiger partial charge in [0, 0.05) is 11.5 Å². The van der Waals surface area contributed by atoms with E-state index < -0.39 is 5.97 Å². The smallest absolute Gasteiger partial charge is 0.330 e. The predicted molar refractivity (Wildman–Crippen MR) is 104 cm³/mol. The number of rotatable bonds is 5. The van der Waals surface area contributed by atoms with Gasteiger partial charge in [-0.25, -0.2) is 14.3 Å². The summed E-state index contributed by atoms with van der Waals surface area (Å²) in [5.41, 5.74) is 1.73. The second kappa shape index (κ2) is 7.40. The van der Waals surface area contributed by atoms with Crippen LogP contribution in [-0.2, 0) is 14.9 Å². The van der Waals surface area contributed by atoms with E-state index >= 15 is 0 Å². The van der Waals surface area contributed by atoms with Gasteiger partial charge in [-0.15, -0.1) is 5.10 Å². The Morgan fingerprint density at radius 1 is 1.22 bits per heavy atom. The molecule has 0 aliphatic heterocycles. The van der Waals surface area contributed by atoms with Crippen molar-refractivity contribution < 1.29 is 19.0 Å². The Balaban J connectivity index is 1.82. The van der Waals surface area contributed by atoms with Gasteiger partial charge in [0.15, 0.2) is 11.5 Å². The average Bonchev–Trinajstić information content (AvgIpc) is 3.18. The lowest BCUT2D eigenvalue weighted by Gasteiger charge is -2.13. The van der Waals surface area contributed by atoms with E-state index in [1.807, 2.05) is 12.3 Å². The number of fused-ring (bicyclic) bond motifs is 1. The number of methoxy groups -OCH3 is 2. The molecule has 3 rings (SSSR count). The zero-order chi connectivity index (χ0) is 19.6. The maximum atomic E-state index is 11.2. The van der Waals surface area contributed by atoms with E-state index in [1.165, 1.54) is 24.5 Å². The average molecular weight is 387 g/mol. The van der Waals surface area contributed by atoms with E-state index in [2.05, 4.69) is 35.6 Å². The highest BCUT2D eigenvalue weighted by atomic mass is 32.1. The lowest BCUT2D eigenvalue weighted by atomic mass is 9.93. The largest absolute Gasteiger partial charge is 0.493 e. The number of esters is 1. The van der Waals surface area contributed by atoms with Crippen LogP contribution in [0.15, 0.2) is 30.5 Å². The molecule has 0 amide bonds. The van der Waals surface area contributed by atoms with Gasteiger partial charge in [0.25, 0.3) is 5.19 Å². The molecule has 0 fully saturated rings. The van der Waals surface area contributed by atoms with Crippen molar-refractivity contribution in [2.75, 3.05) is 14.2 Å². The normalized spacial score (nSPS) is 11.9. The molecule has 1 aromatic carbocycles. The van der Waals surface area contributed by atoms with Crippen LogP contribution in [0.1, 0.15) is 32.0 Å². The van der Waals surface area contributed by atoms with Crippen LogP contribution >= 0.6 is 11.3 Å². The number of carbonyl (C=O) groups is 1. The highest BCUT2D eigenvalue weighted by Crippen LogP contribution is 2.35. The third-order valence-corrected chi connectivity index (χ3v) is 4.59. The molecule has 0 N–H and O–H groups in total. The lowest BCUT2D eigenvalue weighted by molar-refractivity contribution is -0.134. The van der Waals surface area contributed by atoms with Crippen LogP contribution < -0.4 is 9.47 Å². The number of hydrogen-bond donors (Lipinski definition) is 0. The van der Waals surface area contributed by atoms with Crippen LogP contribution in [0, 0.1) is 0 Å². The van der Waals surface area contributed by atoms with Crippen molar-refractivity contribution in [3.8, 4) is 16.7 Å². The number of imidazole rings is 1. The van der Waals surface area contributed by atoms with E-state index in [9.17, 15) is 4.79 Å². The van der Waals surface area contributed by atoms with E-state index in [0.29, 0.717) is 16.7 Å². The van der Waals surface area contributed by atoms with Crippen LogP contribution in [-0.4, -0.2) is 34.8 Å². The van der Waals surface area contributed by atoms with Crippen molar-refractivity contribution in [1.82, 2.24) is 14.6 Å². The summed E-state index contributed by atoms with van der Waals surface area (Å²) < 4.78 is 17.6. The first-order valence-electron chi connectivity index (χ1n) is 8.29. The van der Waals surface area contributed by atoms with Gasteiger partial charge in [-0.3, -0.25) is 0 Å². The zero-order valence-corrected chi connectivity index (χ0v) is 16.7. The quantitative estimate of drug-likeness (QED) is 0.485. The number of ether oxygens (including phenoxy) is 3. The van der Waals surface area contributed by atoms with Crippen molar-refractivity contribution in [3.05, 3.63) is 41.7 Å². The number of nitrogens with zero attached hydrogens (tertiary/aromatic N) is 3. The van der Waals surface area contributed by atoms with Crippen molar-refractivity contribution in [2.45, 2.75) is 26.2 Å². The van der Waals surface area contributed by atoms with E-state index in [1.54, 1.807) is 29.8 Å². The van der Waals surface area contributed by atoms with Crippen LogP contribution in [0.2, 0.25) is 0 Å². The maximum Gasteiger partial charge on any atom is 0.330 e. The molecule has 0 radical (unpaired) electrons. The Kier molecular flexibility index (Phi) is 5.18. The molecule has 2 heterocycles. The Labute approximate surface area is 161 Å². The molecule has 0 aliphatic carbocycles. The SMILES string of the molecule is COC(=O)C=Cc1ccc(Oc2nn3cc(C(C)(C)C)nc3s2)c(OC)c1. The first-order valence-corrected chi connectivity index (χ1v) is 9.10. The summed E-state index contributed by atoms with van der Waals surface area (Å²) in [4.78, 5) is 16.6. The number of hydrogen-bond acceptors (Lipinski definition) is 7. The molecule has 0 spiro atoms. The van der Waals surface area contributed by atoms with Crippen molar-refractivity contribution in [2.24, 2.45) is 0 Å². The van der Waals surface area contributed by atoms with Crippen LogP contribution in [0.4, 0.5) is 0 Å². The van der Waals surface area contributed by atoms with Crippen LogP contribution in [0.25, 0.3) is 11.0 Å². The second-order valence-corrected chi connectivity index (χ2v) is 7.76. The van der Waals surface area contributed by atoms with Crippen molar-refractivity contribution in [3.63, 3.8) is 0 Å². The minimum Gasteiger partial charge on any atom is -0.493 e. The summed E-state index contributed by atoms with van der Waals surface area (Å²) in [6.45, 7) is 6.33. The fraction of sp³-hybridized carbons (Fsp3) is 0.316. The summed E-state index contributed by atoms with van der Waals surface area (Å²) in [7, 11) is 2.89. The third kappa shape index (κ3) is 4.28. The molecule has 0 unspecified atom stereocenters. The first-order chi connectivity index (χ1) is 12.8. The molecule has 0 bridgehead atoms. The molecule has 3 aromatic rings. The fourth-order valence-electron chi connectivity index (χ4n) is 2.28. The van der Waals surface area contributed by atoms with Crippen LogP contribution in [0.5, 0.6) is 16.7 Å². The molecule has 27 heavy (non-hydrogen) atoms. The van der Waals surface area contributed by atoms with E-state index in [-0.39, 0.29) is 5.41 Å². The molecule has 0 saturated heterocycles. The van der Waals surface area contributed by atoms with E-state index in [0.717, 1.165) is 16.2 Å². The van der Waals surface area contributed by atoms with Crippen LogP contribution in [0.3, 0.4) is 0 Å². The minimum absolute atomic E-state index is 0.0365. The first kappa shape index (κ1) is 18.9. The molecule has 0 atom stereocenters. The molecular formula is C19H21N3O4S. The van der Waals surface area contributed by atoms with Gasteiger partial charge < -0.3 is 14.2 Å². The molecular weight excluding hydrogens is 366 g/mol. The van der Waals surface area contributed by atoms with Gasteiger partial charge in [0.05, 0.1) is 26.1 Å².